The van der Waals surface area contributed by atoms with Crippen LogP contribution >= 0.6 is 0 Å². The number of ether oxygens (including phenoxy) is 10. The number of alkyl halides is 1. The van der Waals surface area contributed by atoms with Crippen LogP contribution in [0.5, 0.6) is 0 Å². The van der Waals surface area contributed by atoms with Gasteiger partial charge in [-0.25, -0.2) is 14.0 Å². The Bertz CT molecular complexity index is 1860. The van der Waals surface area contributed by atoms with Gasteiger partial charge in [-0.15, -0.1) is 0 Å². The van der Waals surface area contributed by atoms with Crippen molar-refractivity contribution < 1.29 is 80.5 Å². The zero-order valence-electron chi connectivity index (χ0n) is 32.0. The molecule has 2 aliphatic rings. The Labute approximate surface area is 332 Å². The van der Waals surface area contributed by atoms with Crippen LogP contribution < -0.4 is 0 Å². The van der Waals surface area contributed by atoms with Crippen LogP contribution in [0.2, 0.25) is 0 Å². The molecular formula is C41H43FO16. The van der Waals surface area contributed by atoms with Crippen molar-refractivity contribution in [3.63, 3.8) is 0 Å². The maximum atomic E-state index is 15.3. The molecular weight excluding hydrogens is 767 g/mol. The lowest BCUT2D eigenvalue weighted by Gasteiger charge is -2.48. The SMILES string of the molecule is CC(=O)OC[C@H]1O[C@@H](O[C@H]2[C@H](OC(=O)c3ccccc3)[C@H](OC(=O)c3ccccc3)[C@@H](OCc3ccccc3)O[C@@H]2CF)[C@H](OC(C)=O)[C@@H](OC(C)=O)[C@H]1OC(C)=O. The quantitative estimate of drug-likeness (QED) is 0.159. The van der Waals surface area contributed by atoms with Gasteiger partial charge in [-0.3, -0.25) is 19.2 Å². The molecule has 0 aromatic heterocycles. The minimum absolute atomic E-state index is 0.0618. The molecule has 0 radical (unpaired) electrons. The first-order valence-corrected chi connectivity index (χ1v) is 18.2. The molecule has 0 N–H and O–H groups in total. The number of hydrogen-bond donors (Lipinski definition) is 0. The number of esters is 6. The lowest BCUT2D eigenvalue weighted by molar-refractivity contribution is -0.358. The fraction of sp³-hybridized carbons (Fsp3) is 0.415. The molecule has 0 saturated carbocycles. The van der Waals surface area contributed by atoms with Crippen LogP contribution in [0.4, 0.5) is 4.39 Å². The number of hydrogen-bond acceptors (Lipinski definition) is 16. The number of rotatable bonds is 15. The molecule has 310 valence electrons. The van der Waals surface area contributed by atoms with Gasteiger partial charge in [0.05, 0.1) is 17.7 Å². The second-order valence-corrected chi connectivity index (χ2v) is 13.1. The fourth-order valence-corrected chi connectivity index (χ4v) is 6.30. The molecule has 3 aromatic carbocycles. The molecule has 0 aliphatic carbocycles. The van der Waals surface area contributed by atoms with Crippen molar-refractivity contribution in [2.45, 2.75) is 95.7 Å². The molecule has 10 atom stereocenters. The van der Waals surface area contributed by atoms with Crippen LogP contribution in [0.15, 0.2) is 91.0 Å². The number of carbonyl (C=O) groups is 6. The van der Waals surface area contributed by atoms with Crippen LogP contribution in [0.25, 0.3) is 0 Å². The van der Waals surface area contributed by atoms with Crippen molar-refractivity contribution in [2.24, 2.45) is 0 Å². The van der Waals surface area contributed by atoms with Gasteiger partial charge in [-0.2, -0.15) is 0 Å². The first-order valence-electron chi connectivity index (χ1n) is 18.2. The van der Waals surface area contributed by atoms with E-state index in [1.165, 1.54) is 24.3 Å². The molecule has 0 bridgehead atoms. The molecule has 0 unspecified atom stereocenters. The van der Waals surface area contributed by atoms with E-state index < -0.39 is 111 Å². The lowest BCUT2D eigenvalue weighted by Crippen LogP contribution is -2.67. The highest BCUT2D eigenvalue weighted by atomic mass is 19.1. The Morgan fingerprint density at radius 2 is 0.966 bits per heavy atom. The van der Waals surface area contributed by atoms with Crippen molar-refractivity contribution in [1.29, 1.82) is 0 Å². The molecule has 2 heterocycles. The number of halogens is 1. The van der Waals surface area contributed by atoms with Gasteiger partial charge in [-0.1, -0.05) is 66.7 Å². The normalized spacial score (nSPS) is 26.6. The summed E-state index contributed by atoms with van der Waals surface area (Å²) in [5, 5.41) is 0. The minimum atomic E-state index is -1.87. The van der Waals surface area contributed by atoms with Gasteiger partial charge in [0, 0.05) is 27.7 Å². The van der Waals surface area contributed by atoms with Crippen LogP contribution in [0, 0.1) is 0 Å². The second-order valence-electron chi connectivity index (χ2n) is 13.1. The summed E-state index contributed by atoms with van der Waals surface area (Å²) in [7, 11) is 0. The van der Waals surface area contributed by atoms with E-state index in [-0.39, 0.29) is 17.7 Å². The van der Waals surface area contributed by atoms with E-state index in [9.17, 15) is 28.8 Å². The molecule has 2 fully saturated rings. The average molecular weight is 811 g/mol. The molecule has 0 spiro atoms. The molecule has 16 nitrogen and oxygen atoms in total. The average Bonchev–Trinajstić information content (AvgIpc) is 3.20. The summed E-state index contributed by atoms with van der Waals surface area (Å²) in [6.07, 6.45) is -16.7. The first kappa shape index (κ1) is 43.4. The van der Waals surface area contributed by atoms with Crippen molar-refractivity contribution in [3.05, 3.63) is 108 Å². The third-order valence-electron chi connectivity index (χ3n) is 8.75. The van der Waals surface area contributed by atoms with Gasteiger partial charge in [0.25, 0.3) is 0 Å². The summed E-state index contributed by atoms with van der Waals surface area (Å²) < 4.78 is 73.7. The van der Waals surface area contributed by atoms with Crippen molar-refractivity contribution in [1.82, 2.24) is 0 Å². The highest BCUT2D eigenvalue weighted by Gasteiger charge is 2.57. The third-order valence-corrected chi connectivity index (χ3v) is 8.75. The molecule has 58 heavy (non-hydrogen) atoms. The van der Waals surface area contributed by atoms with Gasteiger partial charge in [0.15, 0.2) is 43.1 Å². The number of carbonyl (C=O) groups excluding carboxylic acids is 6. The topological polar surface area (TPSA) is 195 Å². The Morgan fingerprint density at radius 1 is 0.517 bits per heavy atom. The Kier molecular flexibility index (Phi) is 15.4. The zero-order valence-corrected chi connectivity index (χ0v) is 32.0. The monoisotopic (exact) mass is 810 g/mol. The third kappa shape index (κ3) is 11.7. The Balaban J connectivity index is 1.60. The van der Waals surface area contributed by atoms with E-state index in [4.69, 9.17) is 47.4 Å². The Morgan fingerprint density at radius 3 is 1.48 bits per heavy atom. The molecule has 0 amide bonds. The second kappa shape index (κ2) is 20.6. The van der Waals surface area contributed by atoms with Gasteiger partial charge >= 0.3 is 35.8 Å². The number of benzene rings is 3. The predicted octanol–water partition coefficient (Wildman–Crippen LogP) is 3.82. The molecule has 5 rings (SSSR count). The summed E-state index contributed by atoms with van der Waals surface area (Å²) >= 11 is 0. The van der Waals surface area contributed by atoms with Crippen LogP contribution in [0.1, 0.15) is 54.0 Å². The van der Waals surface area contributed by atoms with Crippen molar-refractivity contribution in [2.75, 3.05) is 13.3 Å². The summed E-state index contributed by atoms with van der Waals surface area (Å²) in [6.45, 7) is 2.21. The molecule has 3 aromatic rings. The standard InChI is InChI=1S/C41H43FO16/c1-23(43)49-22-31-33(51-24(2)44)34(52-25(3)45)37(53-26(4)46)41(55-31)58-32-30(20-42)54-40(50-21-27-14-8-5-9-15-27)36(57-39(48)29-18-12-7-13-19-29)35(32)56-38(47)28-16-10-6-11-17-28/h5-19,30-37,40-41H,20-22H2,1-4H3/t30-,31-,32-,33+,34+,35+,36+,37-,40+,41+/m1/s1. The highest BCUT2D eigenvalue weighted by Crippen LogP contribution is 2.36. The maximum Gasteiger partial charge on any atom is 0.338 e. The zero-order chi connectivity index (χ0) is 41.8. The summed E-state index contributed by atoms with van der Waals surface area (Å²) in [5.41, 5.74) is 0.832. The maximum absolute atomic E-state index is 15.3. The molecule has 2 saturated heterocycles. The summed E-state index contributed by atoms with van der Waals surface area (Å²) in [4.78, 5) is 76.7. The summed E-state index contributed by atoms with van der Waals surface area (Å²) in [6, 6.07) is 24.4. The largest absolute Gasteiger partial charge is 0.463 e. The van der Waals surface area contributed by atoms with Crippen molar-refractivity contribution >= 4 is 35.8 Å². The fourth-order valence-electron chi connectivity index (χ4n) is 6.30. The predicted molar refractivity (Wildman–Crippen MR) is 194 cm³/mol. The van der Waals surface area contributed by atoms with E-state index in [0.717, 1.165) is 27.7 Å². The first-order chi connectivity index (χ1) is 27.8. The van der Waals surface area contributed by atoms with Gasteiger partial charge in [-0.05, 0) is 29.8 Å². The van der Waals surface area contributed by atoms with Crippen LogP contribution in [-0.4, -0.2) is 111 Å². The van der Waals surface area contributed by atoms with E-state index in [0.29, 0.717) is 5.56 Å². The van der Waals surface area contributed by atoms with Gasteiger partial charge in [0.1, 0.15) is 31.6 Å². The van der Waals surface area contributed by atoms with E-state index >= 15 is 4.39 Å². The van der Waals surface area contributed by atoms with E-state index in [1.807, 2.05) is 0 Å². The smallest absolute Gasteiger partial charge is 0.338 e. The molecule has 2 aliphatic heterocycles. The van der Waals surface area contributed by atoms with Crippen LogP contribution in [-0.2, 0) is 73.2 Å². The van der Waals surface area contributed by atoms with Gasteiger partial charge in [0.2, 0.25) is 0 Å². The highest BCUT2D eigenvalue weighted by molar-refractivity contribution is 5.90. The van der Waals surface area contributed by atoms with E-state index in [2.05, 4.69) is 0 Å². The van der Waals surface area contributed by atoms with Crippen LogP contribution in [0.3, 0.4) is 0 Å². The van der Waals surface area contributed by atoms with Gasteiger partial charge < -0.3 is 47.4 Å². The lowest BCUT2D eigenvalue weighted by atomic mass is 9.96. The minimum Gasteiger partial charge on any atom is -0.463 e. The van der Waals surface area contributed by atoms with Crippen molar-refractivity contribution in [3.8, 4) is 0 Å². The summed E-state index contributed by atoms with van der Waals surface area (Å²) in [5.74, 6) is -5.30. The Hall–Kier alpha value is -5.75. The molecule has 17 heteroatoms. The van der Waals surface area contributed by atoms with E-state index in [1.54, 1.807) is 66.7 Å².